The molecule has 0 saturated carbocycles. The van der Waals surface area contributed by atoms with E-state index < -0.39 is 5.91 Å². The van der Waals surface area contributed by atoms with Gasteiger partial charge in [0.25, 0.3) is 11.8 Å². The Morgan fingerprint density at radius 2 is 1.58 bits per heavy atom. The Morgan fingerprint density at radius 3 is 2.24 bits per heavy atom. The Kier molecular flexibility index (Phi) is 6.34. The van der Waals surface area contributed by atoms with Crippen LogP contribution in [0.15, 0.2) is 89.4 Å². The number of benzene rings is 3. The third kappa shape index (κ3) is 4.69. The van der Waals surface area contributed by atoms with Crippen molar-refractivity contribution < 1.29 is 9.59 Å². The first-order valence-electron chi connectivity index (χ1n) is 10.2. The highest BCUT2D eigenvalue weighted by molar-refractivity contribution is 6.30. The number of nitriles is 1. The zero-order chi connectivity index (χ0) is 23.4. The van der Waals surface area contributed by atoms with Gasteiger partial charge in [-0.25, -0.2) is 4.99 Å². The summed E-state index contributed by atoms with van der Waals surface area (Å²) in [5.41, 5.74) is 2.65. The molecule has 0 bridgehead atoms. The van der Waals surface area contributed by atoms with E-state index >= 15 is 0 Å². The van der Waals surface area contributed by atoms with Gasteiger partial charge in [0.15, 0.2) is 0 Å². The summed E-state index contributed by atoms with van der Waals surface area (Å²) in [6.07, 6.45) is 0. The van der Waals surface area contributed by atoms with Gasteiger partial charge in [0.1, 0.15) is 17.5 Å². The van der Waals surface area contributed by atoms with Gasteiger partial charge in [-0.05, 0) is 36.8 Å². The van der Waals surface area contributed by atoms with Crippen molar-refractivity contribution in [2.24, 2.45) is 4.99 Å². The van der Waals surface area contributed by atoms with Crippen molar-refractivity contribution in [1.82, 2.24) is 10.6 Å². The van der Waals surface area contributed by atoms with E-state index in [0.29, 0.717) is 21.7 Å². The molecule has 1 aliphatic rings. The second kappa shape index (κ2) is 9.51. The number of hydrogen-bond acceptors (Lipinski definition) is 4. The SMILES string of the molecule is C[C@@H](NC(=O)/C(C#N)=C1\N=C(NC(=O)c2ccc(Cl)cc2)c2ccccc21)c1ccccc1. The van der Waals surface area contributed by atoms with Gasteiger partial charge in [-0.15, -0.1) is 0 Å². The summed E-state index contributed by atoms with van der Waals surface area (Å²) in [5, 5.41) is 16.0. The first-order valence-corrected chi connectivity index (χ1v) is 10.6. The maximum Gasteiger partial charge on any atom is 0.264 e. The van der Waals surface area contributed by atoms with E-state index in [-0.39, 0.29) is 29.1 Å². The Balaban J connectivity index is 1.65. The smallest absolute Gasteiger partial charge is 0.264 e. The van der Waals surface area contributed by atoms with Crippen LogP contribution in [0.1, 0.15) is 40.0 Å². The van der Waals surface area contributed by atoms with Gasteiger partial charge in [-0.2, -0.15) is 5.26 Å². The lowest BCUT2D eigenvalue weighted by atomic mass is 10.0. The van der Waals surface area contributed by atoms with Crippen molar-refractivity contribution in [2.75, 3.05) is 0 Å². The van der Waals surface area contributed by atoms with Crippen molar-refractivity contribution in [2.45, 2.75) is 13.0 Å². The number of nitrogens with zero attached hydrogens (tertiary/aromatic N) is 2. The van der Waals surface area contributed by atoms with E-state index in [0.717, 1.165) is 5.56 Å². The summed E-state index contributed by atoms with van der Waals surface area (Å²) < 4.78 is 0. The number of carbonyl (C=O) groups excluding carboxylic acids is 2. The number of carbonyl (C=O) groups is 2. The van der Waals surface area contributed by atoms with Crippen LogP contribution < -0.4 is 10.6 Å². The van der Waals surface area contributed by atoms with E-state index in [1.165, 1.54) is 0 Å². The van der Waals surface area contributed by atoms with Gasteiger partial charge in [0.05, 0.1) is 11.7 Å². The topological polar surface area (TPSA) is 94.3 Å². The number of rotatable bonds is 4. The van der Waals surface area contributed by atoms with Crippen LogP contribution in [0.4, 0.5) is 0 Å². The van der Waals surface area contributed by atoms with Crippen molar-refractivity contribution in [3.05, 3.63) is 112 Å². The minimum absolute atomic E-state index is 0.124. The lowest BCUT2D eigenvalue weighted by molar-refractivity contribution is -0.117. The summed E-state index contributed by atoms with van der Waals surface area (Å²) in [6, 6.07) is 24.7. The van der Waals surface area contributed by atoms with Crippen molar-refractivity contribution >= 4 is 34.9 Å². The maximum absolute atomic E-state index is 13.0. The molecule has 0 saturated heterocycles. The zero-order valence-corrected chi connectivity index (χ0v) is 18.4. The molecular formula is C26H19ClN4O2. The number of hydrogen-bond donors (Lipinski definition) is 2. The molecule has 0 fully saturated rings. The minimum Gasteiger partial charge on any atom is -0.345 e. The number of nitrogens with one attached hydrogen (secondary N) is 2. The summed E-state index contributed by atoms with van der Waals surface area (Å²) in [4.78, 5) is 30.2. The fourth-order valence-corrected chi connectivity index (χ4v) is 3.63. The Hall–Kier alpha value is -4.21. The van der Waals surface area contributed by atoms with E-state index in [1.807, 2.05) is 43.3 Å². The van der Waals surface area contributed by atoms with Gasteiger partial charge < -0.3 is 10.6 Å². The highest BCUT2D eigenvalue weighted by Gasteiger charge is 2.27. The van der Waals surface area contributed by atoms with Crippen molar-refractivity contribution in [1.29, 1.82) is 5.26 Å². The molecular weight excluding hydrogens is 436 g/mol. The molecule has 0 aliphatic carbocycles. The quantitative estimate of drug-likeness (QED) is 0.444. The number of amidine groups is 1. The van der Waals surface area contributed by atoms with E-state index in [9.17, 15) is 14.9 Å². The van der Waals surface area contributed by atoms with Crippen LogP contribution in [0.3, 0.4) is 0 Å². The largest absolute Gasteiger partial charge is 0.345 e. The molecule has 4 rings (SSSR count). The average molecular weight is 455 g/mol. The van der Waals surface area contributed by atoms with Crippen molar-refractivity contribution in [3.8, 4) is 6.07 Å². The standard InChI is InChI=1S/C26H19ClN4O2/c1-16(17-7-3-2-4-8-17)29-26(33)22(15-28)23-20-9-5-6-10-21(20)24(30-23)31-25(32)18-11-13-19(27)14-12-18/h2-14,16H,1H3,(H,29,33)(H,30,31,32)/b23-22-/t16-/m1/s1. The normalized spacial score (nSPS) is 14.4. The van der Waals surface area contributed by atoms with E-state index in [2.05, 4.69) is 15.6 Å². The molecule has 0 radical (unpaired) electrons. The van der Waals surface area contributed by atoms with Gasteiger partial charge >= 0.3 is 0 Å². The average Bonchev–Trinajstić information content (AvgIpc) is 3.18. The summed E-state index contributed by atoms with van der Waals surface area (Å²) in [7, 11) is 0. The Labute approximate surface area is 196 Å². The Morgan fingerprint density at radius 1 is 0.939 bits per heavy atom. The highest BCUT2D eigenvalue weighted by Crippen LogP contribution is 2.31. The lowest BCUT2D eigenvalue weighted by Crippen LogP contribution is -2.30. The molecule has 2 amide bonds. The molecule has 3 aromatic carbocycles. The van der Waals surface area contributed by atoms with Crippen LogP contribution in [-0.2, 0) is 4.79 Å². The zero-order valence-electron chi connectivity index (χ0n) is 17.7. The molecule has 0 unspecified atom stereocenters. The van der Waals surface area contributed by atoms with Crippen LogP contribution >= 0.6 is 11.6 Å². The monoisotopic (exact) mass is 454 g/mol. The molecule has 162 valence electrons. The van der Waals surface area contributed by atoms with Crippen molar-refractivity contribution in [3.63, 3.8) is 0 Å². The summed E-state index contributed by atoms with van der Waals surface area (Å²) in [6.45, 7) is 1.84. The fourth-order valence-electron chi connectivity index (χ4n) is 3.50. The van der Waals surface area contributed by atoms with E-state index in [4.69, 9.17) is 11.6 Å². The van der Waals surface area contributed by atoms with Gasteiger partial charge in [0.2, 0.25) is 0 Å². The molecule has 2 N–H and O–H groups in total. The maximum atomic E-state index is 13.0. The molecule has 1 heterocycles. The number of aliphatic imine (C=N–C) groups is 1. The molecule has 3 aromatic rings. The van der Waals surface area contributed by atoms with Gasteiger partial charge in [0, 0.05) is 21.7 Å². The second-order valence-corrected chi connectivity index (χ2v) is 7.84. The highest BCUT2D eigenvalue weighted by atomic mass is 35.5. The minimum atomic E-state index is -0.535. The summed E-state index contributed by atoms with van der Waals surface area (Å²) >= 11 is 5.90. The third-order valence-electron chi connectivity index (χ3n) is 5.22. The Bertz CT molecular complexity index is 1320. The van der Waals surface area contributed by atoms with E-state index in [1.54, 1.807) is 48.5 Å². The molecule has 6 nitrogen and oxygen atoms in total. The van der Waals surface area contributed by atoms with Gasteiger partial charge in [-0.3, -0.25) is 9.59 Å². The number of fused-ring (bicyclic) bond motifs is 1. The fraction of sp³-hybridized carbons (Fsp3) is 0.0769. The summed E-state index contributed by atoms with van der Waals surface area (Å²) in [5.74, 6) is -0.632. The predicted molar refractivity (Wildman–Crippen MR) is 127 cm³/mol. The first-order chi connectivity index (χ1) is 16.0. The lowest BCUT2D eigenvalue weighted by Gasteiger charge is -2.14. The van der Waals surface area contributed by atoms with Gasteiger partial charge in [-0.1, -0.05) is 66.2 Å². The predicted octanol–water partition coefficient (Wildman–Crippen LogP) is 4.64. The number of amides is 2. The first kappa shape index (κ1) is 22.0. The molecule has 33 heavy (non-hydrogen) atoms. The molecule has 0 aromatic heterocycles. The third-order valence-corrected chi connectivity index (χ3v) is 5.47. The van der Waals surface area contributed by atoms with Crippen LogP contribution in [0.2, 0.25) is 5.02 Å². The molecule has 1 aliphatic heterocycles. The van der Waals surface area contributed by atoms with Crippen LogP contribution in [0.5, 0.6) is 0 Å². The second-order valence-electron chi connectivity index (χ2n) is 7.41. The number of halogens is 1. The molecule has 7 heteroatoms. The molecule has 0 spiro atoms. The van der Waals surface area contributed by atoms with Crippen LogP contribution in [0, 0.1) is 11.3 Å². The van der Waals surface area contributed by atoms with Crippen LogP contribution in [0.25, 0.3) is 5.70 Å². The molecule has 1 atom stereocenters. The van der Waals surface area contributed by atoms with Crippen LogP contribution in [-0.4, -0.2) is 17.6 Å².